The molecule has 2 aliphatic rings. The lowest BCUT2D eigenvalue weighted by Crippen LogP contribution is -2.59. The molecule has 2 amide bonds. The van der Waals surface area contributed by atoms with Crippen LogP contribution in [0.15, 0.2) is 21.6 Å². The van der Waals surface area contributed by atoms with Gasteiger partial charge in [0, 0.05) is 26.2 Å². The molecule has 1 aliphatic heterocycles. The number of carbonyl (C=O) groups is 2. The quantitative estimate of drug-likeness (QED) is 0.731. The van der Waals surface area contributed by atoms with E-state index in [-0.39, 0.29) is 42.9 Å². The van der Waals surface area contributed by atoms with Crippen LogP contribution in [0.3, 0.4) is 0 Å². The zero-order chi connectivity index (χ0) is 18.2. The first-order valence-corrected chi connectivity index (χ1v) is 9.66. The van der Waals surface area contributed by atoms with Gasteiger partial charge in [-0.25, -0.2) is 8.42 Å². The SMILES string of the molecule is NC(=O)c1ccc(S(=O)(=O)N2CCN(C(=O)C3(N)CCCC3)CC2)o1. The highest BCUT2D eigenvalue weighted by Gasteiger charge is 2.41. The van der Waals surface area contributed by atoms with Crippen LogP contribution in [-0.2, 0) is 14.8 Å². The smallest absolute Gasteiger partial charge is 0.284 e. The highest BCUT2D eigenvalue weighted by Crippen LogP contribution is 2.29. The molecular formula is C15H22N4O5S. The van der Waals surface area contributed by atoms with Crippen LogP contribution in [0.5, 0.6) is 0 Å². The maximum Gasteiger partial charge on any atom is 0.284 e. The van der Waals surface area contributed by atoms with Gasteiger partial charge in [0.25, 0.3) is 15.9 Å². The molecule has 10 heteroatoms. The zero-order valence-corrected chi connectivity index (χ0v) is 14.6. The summed E-state index contributed by atoms with van der Waals surface area (Å²) in [6.07, 6.45) is 3.23. The van der Waals surface area contributed by atoms with Crippen LogP contribution < -0.4 is 11.5 Å². The standard InChI is InChI=1S/C15H22N4O5S/c16-13(20)11-3-4-12(24-11)25(22,23)19-9-7-18(8-10-19)14(21)15(17)5-1-2-6-15/h3-4H,1-2,5-10,17H2,(H2,16,20). The van der Waals surface area contributed by atoms with Gasteiger partial charge in [0.05, 0.1) is 5.54 Å². The van der Waals surface area contributed by atoms with Crippen LogP contribution in [-0.4, -0.2) is 61.2 Å². The fourth-order valence-electron chi connectivity index (χ4n) is 3.38. The molecule has 1 aliphatic carbocycles. The summed E-state index contributed by atoms with van der Waals surface area (Å²) < 4.78 is 31.4. The fraction of sp³-hybridized carbons (Fsp3) is 0.600. The summed E-state index contributed by atoms with van der Waals surface area (Å²) in [5.74, 6) is -1.14. The van der Waals surface area contributed by atoms with Crippen LogP contribution in [0.2, 0.25) is 0 Å². The number of nitrogens with zero attached hydrogens (tertiary/aromatic N) is 2. The average Bonchev–Trinajstić information content (AvgIpc) is 3.24. The highest BCUT2D eigenvalue weighted by atomic mass is 32.2. The molecule has 4 N–H and O–H groups in total. The zero-order valence-electron chi connectivity index (χ0n) is 13.8. The largest absolute Gasteiger partial charge is 0.438 e. The summed E-state index contributed by atoms with van der Waals surface area (Å²) in [6.45, 7) is 0.855. The summed E-state index contributed by atoms with van der Waals surface area (Å²) >= 11 is 0. The van der Waals surface area contributed by atoms with E-state index in [4.69, 9.17) is 15.9 Å². The van der Waals surface area contributed by atoms with Gasteiger partial charge in [0.15, 0.2) is 5.76 Å². The third-order valence-electron chi connectivity index (χ3n) is 4.87. The molecule has 2 heterocycles. The van der Waals surface area contributed by atoms with Crippen molar-refractivity contribution in [2.45, 2.75) is 36.3 Å². The molecule has 1 aromatic heterocycles. The lowest BCUT2D eigenvalue weighted by atomic mass is 9.97. The second kappa shape index (κ2) is 6.43. The van der Waals surface area contributed by atoms with Crippen LogP contribution in [0.25, 0.3) is 0 Å². The van der Waals surface area contributed by atoms with Crippen molar-refractivity contribution in [1.82, 2.24) is 9.21 Å². The average molecular weight is 370 g/mol. The minimum atomic E-state index is -3.87. The van der Waals surface area contributed by atoms with E-state index in [0.29, 0.717) is 12.8 Å². The summed E-state index contributed by atoms with van der Waals surface area (Å²) in [5.41, 5.74) is 10.5. The molecular weight excluding hydrogens is 348 g/mol. The molecule has 3 rings (SSSR count). The fourth-order valence-corrected chi connectivity index (χ4v) is 4.72. The van der Waals surface area contributed by atoms with Gasteiger partial charge < -0.3 is 20.8 Å². The summed E-state index contributed by atoms with van der Waals surface area (Å²) in [7, 11) is -3.87. The van der Waals surface area contributed by atoms with E-state index < -0.39 is 21.5 Å². The van der Waals surface area contributed by atoms with Crippen molar-refractivity contribution in [3.8, 4) is 0 Å². The van der Waals surface area contributed by atoms with Crippen LogP contribution in [0.4, 0.5) is 0 Å². The monoisotopic (exact) mass is 370 g/mol. The number of primary amides is 1. The Morgan fingerprint density at radius 2 is 1.68 bits per heavy atom. The second-order valence-corrected chi connectivity index (χ2v) is 8.41. The predicted octanol–water partition coefficient (Wildman–Crippen LogP) is -0.517. The Kier molecular flexibility index (Phi) is 4.60. The summed E-state index contributed by atoms with van der Waals surface area (Å²) in [5, 5.41) is -0.327. The number of hydrogen-bond donors (Lipinski definition) is 2. The van der Waals surface area contributed by atoms with E-state index in [1.165, 1.54) is 16.4 Å². The molecule has 2 fully saturated rings. The van der Waals surface area contributed by atoms with E-state index in [1.54, 1.807) is 4.90 Å². The minimum absolute atomic E-state index is 0.101. The van der Waals surface area contributed by atoms with E-state index in [9.17, 15) is 18.0 Å². The first kappa shape index (κ1) is 17.9. The minimum Gasteiger partial charge on any atom is -0.438 e. The Bertz CT molecular complexity index is 774. The number of carbonyl (C=O) groups excluding carboxylic acids is 2. The first-order valence-electron chi connectivity index (χ1n) is 8.22. The van der Waals surface area contributed by atoms with E-state index in [0.717, 1.165) is 12.8 Å². The molecule has 25 heavy (non-hydrogen) atoms. The first-order chi connectivity index (χ1) is 11.7. The maximum absolute atomic E-state index is 12.6. The topological polar surface area (TPSA) is 140 Å². The van der Waals surface area contributed by atoms with E-state index in [1.807, 2.05) is 0 Å². The second-order valence-electron chi connectivity index (χ2n) is 6.54. The van der Waals surface area contributed by atoms with Crippen molar-refractivity contribution >= 4 is 21.8 Å². The number of piperazine rings is 1. The van der Waals surface area contributed by atoms with Crippen molar-refractivity contribution in [3.05, 3.63) is 17.9 Å². The van der Waals surface area contributed by atoms with Crippen molar-refractivity contribution in [2.24, 2.45) is 11.5 Å². The van der Waals surface area contributed by atoms with Crippen LogP contribution in [0.1, 0.15) is 36.2 Å². The molecule has 138 valence electrons. The van der Waals surface area contributed by atoms with Crippen LogP contribution in [0, 0.1) is 0 Å². The molecule has 1 saturated heterocycles. The molecule has 9 nitrogen and oxygen atoms in total. The van der Waals surface area contributed by atoms with Gasteiger partial charge in [-0.1, -0.05) is 12.8 Å². The van der Waals surface area contributed by atoms with Gasteiger partial charge in [-0.15, -0.1) is 0 Å². The Hall–Kier alpha value is -1.91. The Balaban J connectivity index is 1.66. The summed E-state index contributed by atoms with van der Waals surface area (Å²) in [4.78, 5) is 25.3. The maximum atomic E-state index is 12.6. The molecule has 1 saturated carbocycles. The number of nitrogens with two attached hydrogens (primary N) is 2. The Labute approximate surface area is 146 Å². The number of hydrogen-bond acceptors (Lipinski definition) is 6. The Morgan fingerprint density at radius 1 is 1.08 bits per heavy atom. The van der Waals surface area contributed by atoms with Gasteiger partial charge >= 0.3 is 0 Å². The van der Waals surface area contributed by atoms with Crippen LogP contribution >= 0.6 is 0 Å². The van der Waals surface area contributed by atoms with Gasteiger partial charge in [-0.05, 0) is 25.0 Å². The van der Waals surface area contributed by atoms with Gasteiger partial charge in [0.1, 0.15) is 0 Å². The normalized spacial score (nSPS) is 21.4. The van der Waals surface area contributed by atoms with E-state index >= 15 is 0 Å². The van der Waals surface area contributed by atoms with Gasteiger partial charge in [-0.2, -0.15) is 4.31 Å². The third-order valence-corrected chi connectivity index (χ3v) is 6.64. The lowest BCUT2D eigenvalue weighted by Gasteiger charge is -2.37. The predicted molar refractivity (Wildman–Crippen MR) is 88.0 cm³/mol. The Morgan fingerprint density at radius 3 is 2.20 bits per heavy atom. The molecule has 0 spiro atoms. The van der Waals surface area contributed by atoms with Crippen molar-refractivity contribution in [1.29, 1.82) is 0 Å². The molecule has 0 atom stereocenters. The van der Waals surface area contributed by atoms with Gasteiger partial charge in [0.2, 0.25) is 11.0 Å². The highest BCUT2D eigenvalue weighted by molar-refractivity contribution is 7.89. The van der Waals surface area contributed by atoms with E-state index in [2.05, 4.69) is 0 Å². The summed E-state index contributed by atoms with van der Waals surface area (Å²) in [6, 6.07) is 2.44. The molecule has 1 aromatic rings. The third kappa shape index (κ3) is 3.29. The number of rotatable bonds is 4. The molecule has 0 unspecified atom stereocenters. The number of furan rings is 1. The van der Waals surface area contributed by atoms with Crippen molar-refractivity contribution in [2.75, 3.05) is 26.2 Å². The molecule has 0 aromatic carbocycles. The number of amides is 2. The lowest BCUT2D eigenvalue weighted by molar-refractivity contribution is -0.138. The molecule has 0 bridgehead atoms. The molecule has 0 radical (unpaired) electrons. The van der Waals surface area contributed by atoms with Gasteiger partial charge in [-0.3, -0.25) is 9.59 Å². The van der Waals surface area contributed by atoms with Crippen molar-refractivity contribution < 1.29 is 22.4 Å². The number of sulfonamides is 1. The van der Waals surface area contributed by atoms with Crippen molar-refractivity contribution in [3.63, 3.8) is 0 Å².